The van der Waals surface area contributed by atoms with E-state index in [4.69, 9.17) is 20.4 Å². The third-order valence-corrected chi connectivity index (χ3v) is 2.97. The Morgan fingerprint density at radius 3 is 2.78 bits per heavy atom. The molecule has 0 amide bonds. The number of furan rings is 2. The first-order chi connectivity index (χ1) is 8.76. The van der Waals surface area contributed by atoms with Gasteiger partial charge in [0.2, 0.25) is 0 Å². The van der Waals surface area contributed by atoms with Crippen molar-refractivity contribution < 1.29 is 8.83 Å². The third kappa shape index (κ3) is 2.03. The van der Waals surface area contributed by atoms with Crippen LogP contribution < -0.4 is 5.32 Å². The van der Waals surface area contributed by atoms with Gasteiger partial charge >= 0.3 is 0 Å². The van der Waals surface area contributed by atoms with Crippen LogP contribution in [0.2, 0.25) is 5.02 Å². The van der Waals surface area contributed by atoms with Gasteiger partial charge in [-0.05, 0) is 43.4 Å². The van der Waals surface area contributed by atoms with Crippen molar-refractivity contribution in [2.45, 2.75) is 6.54 Å². The Hall–Kier alpha value is -1.71. The minimum absolute atomic E-state index is 0.699. The Morgan fingerprint density at radius 2 is 1.94 bits per heavy atom. The van der Waals surface area contributed by atoms with Crippen molar-refractivity contribution >= 4 is 22.6 Å². The van der Waals surface area contributed by atoms with Crippen molar-refractivity contribution in [2.75, 3.05) is 7.05 Å². The standard InChI is InChI=1S/C14H12ClNO2/c1-16-8-11-3-5-13(17-11)14-7-9-6-10(15)2-4-12(9)18-14/h2-7,16H,8H2,1H3. The van der Waals surface area contributed by atoms with Crippen molar-refractivity contribution in [3.05, 3.63) is 47.2 Å². The van der Waals surface area contributed by atoms with Crippen LogP contribution in [0.5, 0.6) is 0 Å². The molecule has 4 heteroatoms. The lowest BCUT2D eigenvalue weighted by atomic mass is 10.2. The van der Waals surface area contributed by atoms with Crippen LogP contribution in [0.4, 0.5) is 0 Å². The first-order valence-electron chi connectivity index (χ1n) is 5.69. The monoisotopic (exact) mass is 261 g/mol. The second-order valence-electron chi connectivity index (χ2n) is 4.09. The number of halogens is 1. The van der Waals surface area contributed by atoms with E-state index in [1.807, 2.05) is 43.4 Å². The van der Waals surface area contributed by atoms with Crippen LogP contribution in [0, 0.1) is 0 Å². The van der Waals surface area contributed by atoms with E-state index in [2.05, 4.69) is 5.32 Å². The fraction of sp³-hybridized carbons (Fsp3) is 0.143. The van der Waals surface area contributed by atoms with Crippen molar-refractivity contribution in [2.24, 2.45) is 0 Å². The van der Waals surface area contributed by atoms with Crippen molar-refractivity contribution in [1.29, 1.82) is 0 Å². The van der Waals surface area contributed by atoms with Gasteiger partial charge < -0.3 is 14.2 Å². The maximum Gasteiger partial charge on any atom is 0.170 e. The molecule has 0 saturated heterocycles. The van der Waals surface area contributed by atoms with Crippen LogP contribution in [0.15, 0.2) is 45.2 Å². The minimum atomic E-state index is 0.699. The molecule has 0 spiro atoms. The summed E-state index contributed by atoms with van der Waals surface area (Å²) < 4.78 is 11.4. The van der Waals surface area contributed by atoms with Gasteiger partial charge in [0.25, 0.3) is 0 Å². The van der Waals surface area contributed by atoms with Gasteiger partial charge in [0.15, 0.2) is 11.5 Å². The van der Waals surface area contributed by atoms with Gasteiger partial charge in [-0.3, -0.25) is 0 Å². The molecule has 0 radical (unpaired) electrons. The molecule has 92 valence electrons. The molecule has 3 rings (SSSR count). The molecule has 0 saturated carbocycles. The number of nitrogens with one attached hydrogen (secondary N) is 1. The summed E-state index contributed by atoms with van der Waals surface area (Å²) in [5.41, 5.74) is 0.806. The summed E-state index contributed by atoms with van der Waals surface area (Å²) in [6.07, 6.45) is 0. The van der Waals surface area contributed by atoms with Crippen molar-refractivity contribution in [3.8, 4) is 11.5 Å². The fourth-order valence-corrected chi connectivity index (χ4v) is 2.10. The predicted octanol–water partition coefficient (Wildman–Crippen LogP) is 4.07. The van der Waals surface area contributed by atoms with Gasteiger partial charge in [0, 0.05) is 10.4 Å². The highest BCUT2D eigenvalue weighted by Gasteiger charge is 2.10. The summed E-state index contributed by atoms with van der Waals surface area (Å²) in [5, 5.41) is 4.72. The molecular weight excluding hydrogens is 250 g/mol. The number of fused-ring (bicyclic) bond motifs is 1. The van der Waals surface area contributed by atoms with E-state index in [0.29, 0.717) is 11.6 Å². The summed E-state index contributed by atoms with van der Waals surface area (Å²) in [5.74, 6) is 2.33. The zero-order valence-electron chi connectivity index (χ0n) is 9.87. The van der Waals surface area contributed by atoms with Crippen LogP contribution >= 0.6 is 11.6 Å². The number of rotatable bonds is 3. The van der Waals surface area contributed by atoms with E-state index in [1.165, 1.54) is 0 Å². The zero-order chi connectivity index (χ0) is 12.5. The van der Waals surface area contributed by atoms with E-state index >= 15 is 0 Å². The Kier molecular flexibility index (Phi) is 2.86. The molecule has 3 nitrogen and oxygen atoms in total. The second-order valence-corrected chi connectivity index (χ2v) is 4.53. The zero-order valence-corrected chi connectivity index (χ0v) is 10.6. The number of hydrogen-bond donors (Lipinski definition) is 1. The second kappa shape index (κ2) is 4.52. The van der Waals surface area contributed by atoms with Gasteiger partial charge in [-0.25, -0.2) is 0 Å². The summed E-state index contributed by atoms with van der Waals surface area (Å²) in [6.45, 7) is 0.700. The first-order valence-corrected chi connectivity index (χ1v) is 6.07. The van der Waals surface area contributed by atoms with E-state index in [1.54, 1.807) is 0 Å². The first kappa shape index (κ1) is 11.4. The SMILES string of the molecule is CNCc1ccc(-c2cc3cc(Cl)ccc3o2)o1. The molecule has 0 unspecified atom stereocenters. The molecule has 3 aromatic rings. The molecule has 0 aliphatic rings. The van der Waals surface area contributed by atoms with Crippen molar-refractivity contribution in [3.63, 3.8) is 0 Å². The molecule has 2 aromatic heterocycles. The van der Waals surface area contributed by atoms with Gasteiger partial charge in [-0.2, -0.15) is 0 Å². The maximum absolute atomic E-state index is 5.95. The minimum Gasteiger partial charge on any atom is -0.456 e. The van der Waals surface area contributed by atoms with Crippen LogP contribution in [-0.4, -0.2) is 7.05 Å². The molecule has 2 heterocycles. The van der Waals surface area contributed by atoms with E-state index in [-0.39, 0.29) is 0 Å². The largest absolute Gasteiger partial charge is 0.456 e. The quantitative estimate of drug-likeness (QED) is 0.772. The number of hydrogen-bond acceptors (Lipinski definition) is 3. The van der Waals surface area contributed by atoms with Crippen LogP contribution in [0.1, 0.15) is 5.76 Å². The highest BCUT2D eigenvalue weighted by atomic mass is 35.5. The average molecular weight is 262 g/mol. The summed E-state index contributed by atoms with van der Waals surface area (Å²) in [4.78, 5) is 0. The Bertz CT molecular complexity index is 684. The molecular formula is C14H12ClNO2. The maximum atomic E-state index is 5.95. The van der Waals surface area contributed by atoms with Gasteiger partial charge in [-0.1, -0.05) is 11.6 Å². The Labute approximate surface area is 109 Å². The molecule has 18 heavy (non-hydrogen) atoms. The van der Waals surface area contributed by atoms with E-state index < -0.39 is 0 Å². The van der Waals surface area contributed by atoms with Crippen molar-refractivity contribution in [1.82, 2.24) is 5.32 Å². The van der Waals surface area contributed by atoms with Crippen LogP contribution in [0.3, 0.4) is 0 Å². The average Bonchev–Trinajstić information content (AvgIpc) is 2.94. The highest BCUT2D eigenvalue weighted by Crippen LogP contribution is 2.30. The molecule has 0 aliphatic carbocycles. The van der Waals surface area contributed by atoms with Crippen LogP contribution in [-0.2, 0) is 6.54 Å². The smallest absolute Gasteiger partial charge is 0.170 e. The third-order valence-electron chi connectivity index (χ3n) is 2.73. The van der Waals surface area contributed by atoms with Crippen LogP contribution in [0.25, 0.3) is 22.5 Å². The fourth-order valence-electron chi connectivity index (χ4n) is 1.92. The summed E-state index contributed by atoms with van der Waals surface area (Å²) in [6, 6.07) is 11.3. The molecule has 0 aliphatic heterocycles. The Balaban J connectivity index is 2.02. The predicted molar refractivity (Wildman–Crippen MR) is 71.7 cm³/mol. The van der Waals surface area contributed by atoms with Gasteiger partial charge in [0.1, 0.15) is 11.3 Å². The Morgan fingerprint density at radius 1 is 1.06 bits per heavy atom. The normalized spacial score (nSPS) is 11.2. The lowest BCUT2D eigenvalue weighted by Gasteiger charge is -1.93. The van der Waals surface area contributed by atoms with Gasteiger partial charge in [0.05, 0.1) is 6.54 Å². The molecule has 0 bridgehead atoms. The molecule has 0 fully saturated rings. The summed E-state index contributed by atoms with van der Waals surface area (Å²) in [7, 11) is 1.88. The highest BCUT2D eigenvalue weighted by molar-refractivity contribution is 6.31. The van der Waals surface area contributed by atoms with E-state index in [0.717, 1.165) is 28.2 Å². The van der Waals surface area contributed by atoms with E-state index in [9.17, 15) is 0 Å². The molecule has 0 atom stereocenters. The molecule has 1 aromatic carbocycles. The summed E-state index contributed by atoms with van der Waals surface area (Å²) >= 11 is 5.95. The lowest BCUT2D eigenvalue weighted by molar-refractivity contribution is 0.489. The number of benzene rings is 1. The topological polar surface area (TPSA) is 38.3 Å². The van der Waals surface area contributed by atoms with Gasteiger partial charge in [-0.15, -0.1) is 0 Å². The molecule has 1 N–H and O–H groups in total. The lowest BCUT2D eigenvalue weighted by Crippen LogP contribution is -2.03.